The first kappa shape index (κ1) is 27.5. The topological polar surface area (TPSA) is 140 Å². The molecule has 1 unspecified atom stereocenters. The quantitative estimate of drug-likeness (QED) is 0.282. The lowest BCUT2D eigenvalue weighted by atomic mass is 9.83. The maximum Gasteiger partial charge on any atom is 0.317 e. The zero-order chi connectivity index (χ0) is 28.8. The van der Waals surface area contributed by atoms with Crippen LogP contribution in [0, 0.1) is 5.82 Å². The van der Waals surface area contributed by atoms with Crippen molar-refractivity contribution in [1.29, 1.82) is 0 Å². The number of aliphatic carboxylic acids is 1. The number of ether oxygens (including phenoxy) is 1. The fraction of sp³-hybridized carbons (Fsp3) is 0.467. The zero-order valence-corrected chi connectivity index (χ0v) is 23.0. The third-order valence-electron chi connectivity index (χ3n) is 8.61. The minimum absolute atomic E-state index is 0.0915. The second kappa shape index (κ2) is 11.0. The summed E-state index contributed by atoms with van der Waals surface area (Å²) >= 11 is 0. The lowest BCUT2D eigenvalue weighted by molar-refractivity contribution is -0.138. The highest BCUT2D eigenvalue weighted by Crippen LogP contribution is 2.44. The van der Waals surface area contributed by atoms with E-state index in [1.165, 1.54) is 12.1 Å². The average Bonchev–Trinajstić information content (AvgIpc) is 3.31. The number of halogens is 1. The SMILES string of the molecule is CCC1COCc2c1cc1n(c2=O)Cc2c-1nc1cc(F)cc3c1c2[C@@H](NC(=O)CCN(CCN)CC(=O)O)CC3. The van der Waals surface area contributed by atoms with E-state index in [-0.39, 0.29) is 55.4 Å². The third-order valence-corrected chi connectivity index (χ3v) is 8.61. The molecule has 1 amide bonds. The van der Waals surface area contributed by atoms with E-state index in [0.29, 0.717) is 55.9 Å². The summed E-state index contributed by atoms with van der Waals surface area (Å²) in [6.45, 7) is 3.98. The molecule has 1 aromatic carbocycles. The number of rotatable bonds is 9. The minimum atomic E-state index is -0.974. The lowest BCUT2D eigenvalue weighted by Gasteiger charge is -2.29. The van der Waals surface area contributed by atoms with E-state index in [0.717, 1.165) is 39.8 Å². The van der Waals surface area contributed by atoms with Gasteiger partial charge in [0.1, 0.15) is 5.82 Å². The molecule has 216 valence electrons. The van der Waals surface area contributed by atoms with E-state index in [9.17, 15) is 18.8 Å². The number of nitrogens with zero attached hydrogens (tertiary/aromatic N) is 3. The summed E-state index contributed by atoms with van der Waals surface area (Å²) < 4.78 is 22.1. The average molecular weight is 564 g/mol. The second-order valence-electron chi connectivity index (χ2n) is 11.2. The van der Waals surface area contributed by atoms with Gasteiger partial charge in [0.05, 0.1) is 49.2 Å². The summed E-state index contributed by atoms with van der Waals surface area (Å²) in [6.07, 6.45) is 2.10. The smallest absolute Gasteiger partial charge is 0.317 e. The van der Waals surface area contributed by atoms with Crippen LogP contribution in [0.15, 0.2) is 23.0 Å². The number of carboxylic acid groups (broad SMARTS) is 1. The van der Waals surface area contributed by atoms with Crippen molar-refractivity contribution >= 4 is 22.8 Å². The molecule has 2 atom stereocenters. The molecule has 6 rings (SSSR count). The van der Waals surface area contributed by atoms with E-state index in [2.05, 4.69) is 18.3 Å². The molecule has 10 nitrogen and oxygen atoms in total. The van der Waals surface area contributed by atoms with Crippen molar-refractivity contribution in [2.75, 3.05) is 32.8 Å². The molecule has 2 aliphatic heterocycles. The molecule has 0 saturated heterocycles. The first-order valence-corrected chi connectivity index (χ1v) is 14.2. The van der Waals surface area contributed by atoms with Crippen LogP contribution >= 0.6 is 0 Å². The molecule has 4 N–H and O–H groups in total. The number of nitrogens with one attached hydrogen (secondary N) is 1. The van der Waals surface area contributed by atoms with Crippen LogP contribution in [0.2, 0.25) is 0 Å². The number of carbonyl (C=O) groups excluding carboxylic acids is 1. The van der Waals surface area contributed by atoms with Gasteiger partial charge in [0, 0.05) is 54.6 Å². The van der Waals surface area contributed by atoms with E-state index in [1.807, 2.05) is 0 Å². The molecule has 3 aliphatic rings. The van der Waals surface area contributed by atoms with Gasteiger partial charge < -0.3 is 25.5 Å². The summed E-state index contributed by atoms with van der Waals surface area (Å²) in [5, 5.41) is 13.2. The van der Waals surface area contributed by atoms with Crippen LogP contribution in [0.4, 0.5) is 4.39 Å². The van der Waals surface area contributed by atoms with Crippen LogP contribution in [0.1, 0.15) is 66.0 Å². The van der Waals surface area contributed by atoms with Crippen molar-refractivity contribution in [3.05, 3.63) is 62.2 Å². The first-order chi connectivity index (χ1) is 19.8. The fourth-order valence-corrected chi connectivity index (χ4v) is 6.68. The predicted molar refractivity (Wildman–Crippen MR) is 150 cm³/mol. The van der Waals surface area contributed by atoms with Gasteiger partial charge in [-0.1, -0.05) is 6.92 Å². The molecule has 0 fully saturated rings. The molecule has 1 aliphatic carbocycles. The number of hydrogen-bond donors (Lipinski definition) is 3. The summed E-state index contributed by atoms with van der Waals surface area (Å²) in [6, 6.07) is 4.65. The van der Waals surface area contributed by atoms with Crippen molar-refractivity contribution in [3.63, 3.8) is 0 Å². The van der Waals surface area contributed by atoms with Gasteiger partial charge in [-0.15, -0.1) is 0 Å². The third kappa shape index (κ3) is 4.92. The summed E-state index contributed by atoms with van der Waals surface area (Å²) in [5.74, 6) is -1.43. The number of aryl methyl sites for hydroxylation is 1. The van der Waals surface area contributed by atoms with Gasteiger partial charge in [-0.05, 0) is 48.1 Å². The number of fused-ring (bicyclic) bond motifs is 5. The number of amides is 1. The Morgan fingerprint density at radius 2 is 2.10 bits per heavy atom. The van der Waals surface area contributed by atoms with Gasteiger partial charge in [0.25, 0.3) is 5.56 Å². The summed E-state index contributed by atoms with van der Waals surface area (Å²) in [7, 11) is 0. The molecule has 2 aromatic heterocycles. The normalized spacial score (nSPS) is 18.7. The van der Waals surface area contributed by atoms with Crippen molar-refractivity contribution in [3.8, 4) is 11.4 Å². The van der Waals surface area contributed by atoms with Crippen molar-refractivity contribution < 1.29 is 23.8 Å². The second-order valence-corrected chi connectivity index (χ2v) is 11.2. The maximum atomic E-state index is 14.7. The maximum absolute atomic E-state index is 14.7. The first-order valence-electron chi connectivity index (χ1n) is 14.2. The van der Waals surface area contributed by atoms with Gasteiger partial charge in [-0.3, -0.25) is 19.3 Å². The van der Waals surface area contributed by atoms with Crippen molar-refractivity contribution in [2.24, 2.45) is 5.73 Å². The summed E-state index contributed by atoms with van der Waals surface area (Å²) in [4.78, 5) is 44.6. The highest BCUT2D eigenvalue weighted by atomic mass is 19.1. The highest BCUT2D eigenvalue weighted by Gasteiger charge is 2.35. The van der Waals surface area contributed by atoms with Crippen molar-refractivity contribution in [1.82, 2.24) is 19.8 Å². The van der Waals surface area contributed by atoms with E-state index < -0.39 is 5.97 Å². The molecule has 0 saturated carbocycles. The Hall–Kier alpha value is -3.67. The number of benzene rings is 1. The Morgan fingerprint density at radius 1 is 1.27 bits per heavy atom. The van der Waals surface area contributed by atoms with Crippen LogP contribution in [-0.2, 0) is 33.9 Å². The molecule has 0 radical (unpaired) electrons. The Morgan fingerprint density at radius 3 is 2.85 bits per heavy atom. The van der Waals surface area contributed by atoms with Gasteiger partial charge in [0.2, 0.25) is 5.91 Å². The Labute approximate surface area is 236 Å². The molecular weight excluding hydrogens is 529 g/mol. The molecule has 0 spiro atoms. The van der Waals surface area contributed by atoms with Crippen LogP contribution in [-0.4, -0.2) is 64.2 Å². The lowest BCUT2D eigenvalue weighted by Crippen LogP contribution is -2.38. The zero-order valence-electron chi connectivity index (χ0n) is 23.0. The number of hydrogen-bond acceptors (Lipinski definition) is 7. The van der Waals surface area contributed by atoms with E-state index in [4.69, 9.17) is 20.6 Å². The number of nitrogens with two attached hydrogens (primary N) is 1. The molecule has 0 bridgehead atoms. The fourth-order valence-electron chi connectivity index (χ4n) is 6.68. The van der Waals surface area contributed by atoms with E-state index >= 15 is 0 Å². The minimum Gasteiger partial charge on any atom is -0.480 e. The van der Waals surface area contributed by atoms with Crippen LogP contribution in [0.25, 0.3) is 22.3 Å². The number of aromatic nitrogens is 2. The van der Waals surface area contributed by atoms with Gasteiger partial charge in [-0.2, -0.15) is 0 Å². The molecule has 3 aromatic rings. The highest BCUT2D eigenvalue weighted by molar-refractivity contribution is 5.92. The van der Waals surface area contributed by atoms with Crippen molar-refractivity contribution in [2.45, 2.75) is 57.7 Å². The largest absolute Gasteiger partial charge is 0.480 e. The predicted octanol–water partition coefficient (Wildman–Crippen LogP) is 2.43. The summed E-state index contributed by atoms with van der Waals surface area (Å²) in [5.41, 5.74) is 11.7. The monoisotopic (exact) mass is 563 g/mol. The molecule has 41 heavy (non-hydrogen) atoms. The number of pyridine rings is 2. The Kier molecular flexibility index (Phi) is 7.35. The Balaban J connectivity index is 1.39. The van der Waals surface area contributed by atoms with Gasteiger partial charge in [-0.25, -0.2) is 9.37 Å². The van der Waals surface area contributed by atoms with Gasteiger partial charge in [0.15, 0.2) is 0 Å². The number of carbonyl (C=O) groups is 2. The van der Waals surface area contributed by atoms with E-state index in [1.54, 1.807) is 9.47 Å². The van der Waals surface area contributed by atoms with Crippen LogP contribution < -0.4 is 16.6 Å². The van der Waals surface area contributed by atoms with Gasteiger partial charge >= 0.3 is 5.97 Å². The van der Waals surface area contributed by atoms with Crippen LogP contribution in [0.5, 0.6) is 0 Å². The molecular formula is C30H34FN5O5. The standard InChI is InChI=1S/C30H34FN5O5/c1-2-16-14-41-15-21-19(16)11-24-29-20(12-36(24)30(21)40)28-22(4-3-17-9-18(31)10-23(34-29)27(17)28)33-25(37)5-7-35(8-6-32)13-26(38)39/h9-11,16,22H,2-8,12-15,32H2,1H3,(H,33,37)(H,38,39)/t16?,22-/m0/s1. The molecule has 11 heteroatoms. The molecule has 4 heterocycles. The van der Waals surface area contributed by atoms with Crippen LogP contribution in [0.3, 0.4) is 0 Å². The number of carboxylic acids is 1. The Bertz CT molecular complexity index is 1620.